The van der Waals surface area contributed by atoms with Crippen molar-refractivity contribution in [2.24, 2.45) is 18.4 Å². The highest BCUT2D eigenvalue weighted by atomic mass is 16.1. The van der Waals surface area contributed by atoms with E-state index >= 15 is 0 Å². The van der Waals surface area contributed by atoms with E-state index in [1.54, 1.807) is 0 Å². The van der Waals surface area contributed by atoms with Crippen molar-refractivity contribution in [2.45, 2.75) is 52.4 Å². The van der Waals surface area contributed by atoms with Crippen molar-refractivity contribution in [3.8, 4) is 11.1 Å². The number of aromatic nitrogens is 3. The molecular formula is C28H31N3O. The van der Waals surface area contributed by atoms with Gasteiger partial charge in [0.05, 0.1) is 11.9 Å². The molecule has 0 bridgehead atoms. The first-order valence-corrected chi connectivity index (χ1v) is 11.7. The van der Waals surface area contributed by atoms with Crippen LogP contribution in [-0.4, -0.2) is 20.5 Å². The molecule has 0 saturated heterocycles. The average Bonchev–Trinajstić information content (AvgIpc) is 3.47. The van der Waals surface area contributed by atoms with Gasteiger partial charge in [-0.3, -0.25) is 9.48 Å². The second-order valence-electron chi connectivity index (χ2n) is 10.1. The van der Waals surface area contributed by atoms with Crippen LogP contribution in [0.2, 0.25) is 0 Å². The lowest BCUT2D eigenvalue weighted by Gasteiger charge is -2.22. The highest BCUT2D eigenvalue weighted by Crippen LogP contribution is 2.55. The zero-order valence-electron chi connectivity index (χ0n) is 19.4. The summed E-state index contributed by atoms with van der Waals surface area (Å²) >= 11 is 0. The first kappa shape index (κ1) is 20.9. The van der Waals surface area contributed by atoms with Crippen LogP contribution in [0.15, 0.2) is 54.9 Å². The number of Topliss-reactive ketones (excluding diaryl/α,β-unsaturated/α-hetero) is 1. The largest absolute Gasteiger partial charge is 0.292 e. The van der Waals surface area contributed by atoms with E-state index in [0.29, 0.717) is 24.0 Å². The standard InChI is InChI=1S/C28H31N3O/c1-5-28(2,3)13-12-26(32)25-11-10-22-23-14-20(23)15-24(27(22)30-25)19-8-6-18(7-9-19)21-16-29-31(4)17-21/h6-11,15-17,20,23H,5,12-14H2,1-4H3. The van der Waals surface area contributed by atoms with Gasteiger partial charge in [-0.15, -0.1) is 0 Å². The molecule has 0 N–H and O–H groups in total. The first-order valence-electron chi connectivity index (χ1n) is 11.7. The van der Waals surface area contributed by atoms with Gasteiger partial charge in [-0.2, -0.15) is 5.10 Å². The van der Waals surface area contributed by atoms with Crippen LogP contribution in [0.1, 0.15) is 79.7 Å². The number of nitrogens with zero attached hydrogens (tertiary/aromatic N) is 3. The zero-order valence-corrected chi connectivity index (χ0v) is 19.4. The van der Waals surface area contributed by atoms with E-state index in [-0.39, 0.29) is 11.2 Å². The molecule has 4 nitrogen and oxygen atoms in total. The molecule has 3 aromatic rings. The van der Waals surface area contributed by atoms with E-state index < -0.39 is 0 Å². The molecule has 5 rings (SSSR count). The lowest BCUT2D eigenvalue weighted by molar-refractivity contribution is 0.0957. The van der Waals surface area contributed by atoms with Gasteiger partial charge in [0.15, 0.2) is 5.78 Å². The zero-order chi connectivity index (χ0) is 22.5. The normalized spacial score (nSPS) is 19.2. The maximum atomic E-state index is 12.9. The molecule has 32 heavy (non-hydrogen) atoms. The Morgan fingerprint density at radius 1 is 1.09 bits per heavy atom. The number of ketones is 1. The number of benzene rings is 1. The van der Waals surface area contributed by atoms with Gasteiger partial charge >= 0.3 is 0 Å². The molecule has 0 spiro atoms. The lowest BCUT2D eigenvalue weighted by atomic mass is 9.84. The Morgan fingerprint density at radius 2 is 1.84 bits per heavy atom. The van der Waals surface area contributed by atoms with Crippen LogP contribution in [0, 0.1) is 11.3 Å². The van der Waals surface area contributed by atoms with Crippen LogP contribution in [0.4, 0.5) is 0 Å². The van der Waals surface area contributed by atoms with Gasteiger partial charge in [0.2, 0.25) is 0 Å². The van der Waals surface area contributed by atoms with Crippen molar-refractivity contribution in [3.63, 3.8) is 0 Å². The molecule has 2 atom stereocenters. The van der Waals surface area contributed by atoms with Crippen LogP contribution < -0.4 is 0 Å². The van der Waals surface area contributed by atoms with Crippen LogP contribution in [0.3, 0.4) is 0 Å². The monoisotopic (exact) mass is 425 g/mol. The Hall–Kier alpha value is -3.01. The molecule has 2 unspecified atom stereocenters. The topological polar surface area (TPSA) is 47.8 Å². The summed E-state index contributed by atoms with van der Waals surface area (Å²) in [5.74, 6) is 1.32. The summed E-state index contributed by atoms with van der Waals surface area (Å²) in [4.78, 5) is 17.9. The van der Waals surface area contributed by atoms with Crippen LogP contribution in [0.5, 0.6) is 0 Å². The van der Waals surface area contributed by atoms with Gasteiger partial charge in [0, 0.05) is 30.8 Å². The fraction of sp³-hybridized carbons (Fsp3) is 0.393. The molecule has 2 aliphatic rings. The fourth-order valence-electron chi connectivity index (χ4n) is 4.59. The van der Waals surface area contributed by atoms with Crippen molar-refractivity contribution in [3.05, 3.63) is 77.4 Å². The first-order chi connectivity index (χ1) is 15.3. The molecule has 2 aliphatic carbocycles. The van der Waals surface area contributed by atoms with E-state index in [2.05, 4.69) is 62.3 Å². The minimum absolute atomic E-state index is 0.151. The Balaban J connectivity index is 1.43. The number of pyridine rings is 1. The fourth-order valence-corrected chi connectivity index (χ4v) is 4.59. The van der Waals surface area contributed by atoms with E-state index in [9.17, 15) is 4.79 Å². The summed E-state index contributed by atoms with van der Waals surface area (Å²) in [6.45, 7) is 6.64. The molecule has 2 heterocycles. The molecule has 1 fully saturated rings. The van der Waals surface area contributed by atoms with Gasteiger partial charge in [0.25, 0.3) is 0 Å². The third kappa shape index (κ3) is 3.94. The van der Waals surface area contributed by atoms with E-state index in [1.807, 2.05) is 30.2 Å². The molecular weight excluding hydrogens is 394 g/mol. The number of hydrogen-bond acceptors (Lipinski definition) is 3. The van der Waals surface area contributed by atoms with Gasteiger partial charge in [-0.05, 0) is 52.8 Å². The third-order valence-electron chi connectivity index (χ3n) is 7.31. The lowest BCUT2D eigenvalue weighted by Crippen LogP contribution is -2.14. The Kier molecular flexibility index (Phi) is 5.11. The van der Waals surface area contributed by atoms with Gasteiger partial charge in [-0.1, -0.05) is 63.6 Å². The molecule has 164 valence electrons. The number of hydrogen-bond donors (Lipinski definition) is 0. The maximum Gasteiger partial charge on any atom is 0.181 e. The summed E-state index contributed by atoms with van der Waals surface area (Å²) < 4.78 is 1.82. The minimum Gasteiger partial charge on any atom is -0.292 e. The second-order valence-corrected chi connectivity index (χ2v) is 10.1. The average molecular weight is 426 g/mol. The smallest absolute Gasteiger partial charge is 0.181 e. The SMILES string of the molecule is CCC(C)(C)CCC(=O)c1ccc2c(n1)C(c1ccc(-c3cnn(C)c3)cc1)=CC1CC21. The van der Waals surface area contributed by atoms with E-state index in [1.165, 1.54) is 17.6 Å². The van der Waals surface area contributed by atoms with E-state index in [0.717, 1.165) is 35.2 Å². The van der Waals surface area contributed by atoms with Crippen LogP contribution in [-0.2, 0) is 7.05 Å². The van der Waals surface area contributed by atoms with Gasteiger partial charge < -0.3 is 0 Å². The molecule has 0 radical (unpaired) electrons. The Labute approximate surface area is 190 Å². The molecule has 0 amide bonds. The number of carbonyl (C=O) groups is 1. The molecule has 1 aromatic carbocycles. The van der Waals surface area contributed by atoms with Gasteiger partial charge in [0.1, 0.15) is 5.69 Å². The van der Waals surface area contributed by atoms with Crippen molar-refractivity contribution < 1.29 is 4.79 Å². The quantitative estimate of drug-likeness (QED) is 0.410. The summed E-state index contributed by atoms with van der Waals surface area (Å²) in [5.41, 5.74) is 7.68. The number of aryl methyl sites for hydroxylation is 1. The maximum absolute atomic E-state index is 12.9. The number of allylic oxidation sites excluding steroid dienone is 1. The molecule has 0 aliphatic heterocycles. The minimum atomic E-state index is 0.151. The van der Waals surface area contributed by atoms with Crippen molar-refractivity contribution >= 4 is 11.4 Å². The van der Waals surface area contributed by atoms with Crippen molar-refractivity contribution in [1.29, 1.82) is 0 Å². The summed E-state index contributed by atoms with van der Waals surface area (Å²) in [6.07, 6.45) is 9.98. The number of carbonyl (C=O) groups excluding carboxylic acids is 1. The number of rotatable bonds is 7. The van der Waals surface area contributed by atoms with Gasteiger partial charge in [-0.25, -0.2) is 4.98 Å². The summed E-state index contributed by atoms with van der Waals surface area (Å²) in [6, 6.07) is 12.7. The Morgan fingerprint density at radius 3 is 2.53 bits per heavy atom. The summed E-state index contributed by atoms with van der Waals surface area (Å²) in [7, 11) is 1.93. The summed E-state index contributed by atoms with van der Waals surface area (Å²) in [5, 5.41) is 4.28. The van der Waals surface area contributed by atoms with E-state index in [4.69, 9.17) is 4.98 Å². The third-order valence-corrected chi connectivity index (χ3v) is 7.31. The predicted octanol–water partition coefficient (Wildman–Crippen LogP) is 6.43. The Bertz CT molecular complexity index is 1200. The van der Waals surface area contributed by atoms with Crippen molar-refractivity contribution in [1.82, 2.24) is 14.8 Å². The molecule has 2 aromatic heterocycles. The highest BCUT2D eigenvalue weighted by Gasteiger charge is 2.42. The van der Waals surface area contributed by atoms with Crippen molar-refractivity contribution in [2.75, 3.05) is 0 Å². The predicted molar refractivity (Wildman–Crippen MR) is 128 cm³/mol. The number of fused-ring (bicyclic) bond motifs is 3. The van der Waals surface area contributed by atoms with Crippen LogP contribution >= 0.6 is 0 Å². The second kappa shape index (κ2) is 7.84. The molecule has 1 saturated carbocycles. The highest BCUT2D eigenvalue weighted by molar-refractivity contribution is 5.95. The molecule has 4 heteroatoms. The van der Waals surface area contributed by atoms with Crippen LogP contribution in [0.25, 0.3) is 16.7 Å².